The number of carboxylic acid groups (broad SMARTS) is 2. The molecular formula is C45H62O6. The van der Waals surface area contributed by atoms with Crippen LogP contribution in [0.1, 0.15) is 148 Å². The second kappa shape index (κ2) is 12.5. The van der Waals surface area contributed by atoms with Gasteiger partial charge >= 0.3 is 17.9 Å². The van der Waals surface area contributed by atoms with E-state index in [1.807, 2.05) is 25.1 Å². The van der Waals surface area contributed by atoms with Gasteiger partial charge in [-0.15, -0.1) is 0 Å². The van der Waals surface area contributed by atoms with Crippen molar-refractivity contribution in [2.75, 3.05) is 0 Å². The summed E-state index contributed by atoms with van der Waals surface area (Å²) in [5, 5.41) is 19.6. The molecular weight excluding hydrogens is 636 g/mol. The lowest BCUT2D eigenvalue weighted by Crippen LogP contribution is -2.66. The minimum Gasteiger partial charge on any atom is -0.481 e. The fourth-order valence-electron chi connectivity index (χ4n) is 13.4. The van der Waals surface area contributed by atoms with Gasteiger partial charge in [-0.2, -0.15) is 0 Å². The van der Waals surface area contributed by atoms with Gasteiger partial charge in [0, 0.05) is 16.4 Å². The molecule has 0 heterocycles. The van der Waals surface area contributed by atoms with Crippen molar-refractivity contribution in [3.8, 4) is 11.8 Å². The molecule has 0 amide bonds. The number of aromatic carboxylic acids is 1. The van der Waals surface area contributed by atoms with Gasteiger partial charge in [0.1, 0.15) is 6.10 Å². The molecule has 5 fully saturated rings. The van der Waals surface area contributed by atoms with Gasteiger partial charge in [0.15, 0.2) is 0 Å². The first-order valence-corrected chi connectivity index (χ1v) is 19.6. The number of carbonyl (C=O) groups is 3. The van der Waals surface area contributed by atoms with Crippen LogP contribution < -0.4 is 0 Å². The molecule has 6 nitrogen and oxygen atoms in total. The topological polar surface area (TPSA) is 101 Å². The van der Waals surface area contributed by atoms with E-state index in [2.05, 4.69) is 60.0 Å². The Hall–Kier alpha value is -3.07. The summed E-state index contributed by atoms with van der Waals surface area (Å²) in [6.07, 6.45) is 10.4. The van der Waals surface area contributed by atoms with E-state index >= 15 is 0 Å². The monoisotopic (exact) mass is 698 g/mol. The van der Waals surface area contributed by atoms with Crippen molar-refractivity contribution in [3.05, 3.63) is 47.0 Å². The van der Waals surface area contributed by atoms with Crippen LogP contribution in [0.2, 0.25) is 0 Å². The lowest BCUT2D eigenvalue weighted by molar-refractivity contribution is -0.247. The number of aryl methyl sites for hydroxylation is 1. The molecule has 10 atom stereocenters. The Labute approximate surface area is 306 Å². The summed E-state index contributed by atoms with van der Waals surface area (Å²) in [6.45, 7) is 24.1. The Morgan fingerprint density at radius 1 is 0.902 bits per heavy atom. The fraction of sp³-hybridized carbons (Fsp3) is 0.711. The van der Waals surface area contributed by atoms with Crippen molar-refractivity contribution in [2.24, 2.45) is 62.1 Å². The van der Waals surface area contributed by atoms with Crippen molar-refractivity contribution in [2.45, 2.75) is 139 Å². The minimum absolute atomic E-state index is 0.115. The van der Waals surface area contributed by atoms with Gasteiger partial charge in [0.05, 0.1) is 17.4 Å². The largest absolute Gasteiger partial charge is 0.481 e. The molecule has 0 bridgehead atoms. The normalized spacial score (nSPS) is 39.5. The third-order valence-electron chi connectivity index (χ3n) is 16.4. The number of esters is 1. The lowest BCUT2D eigenvalue weighted by Gasteiger charge is -2.72. The van der Waals surface area contributed by atoms with E-state index in [1.165, 1.54) is 18.4 Å². The Morgan fingerprint density at radius 2 is 1.61 bits per heavy atom. The summed E-state index contributed by atoms with van der Waals surface area (Å²) in [5.74, 6) is 7.30. The molecule has 51 heavy (non-hydrogen) atoms. The van der Waals surface area contributed by atoms with Crippen molar-refractivity contribution in [1.82, 2.24) is 0 Å². The van der Waals surface area contributed by atoms with E-state index < -0.39 is 23.3 Å². The Kier molecular flexibility index (Phi) is 9.25. The number of aliphatic carboxylic acids is 1. The summed E-state index contributed by atoms with van der Waals surface area (Å²) in [7, 11) is 0. The van der Waals surface area contributed by atoms with Gasteiger partial charge in [-0.05, 0) is 149 Å². The molecule has 2 N–H and O–H groups in total. The van der Waals surface area contributed by atoms with Crippen LogP contribution in [-0.2, 0) is 14.3 Å². The van der Waals surface area contributed by atoms with Gasteiger partial charge < -0.3 is 14.9 Å². The van der Waals surface area contributed by atoms with Crippen LogP contribution in [0.3, 0.4) is 0 Å². The van der Waals surface area contributed by atoms with Crippen LogP contribution in [0.15, 0.2) is 30.4 Å². The first-order chi connectivity index (χ1) is 23.6. The summed E-state index contributed by atoms with van der Waals surface area (Å²) < 4.78 is 6.17. The van der Waals surface area contributed by atoms with Gasteiger partial charge in [-0.1, -0.05) is 70.7 Å². The van der Waals surface area contributed by atoms with E-state index in [0.29, 0.717) is 40.7 Å². The molecule has 1 aromatic carbocycles. The number of rotatable bonds is 6. The summed E-state index contributed by atoms with van der Waals surface area (Å²) >= 11 is 0. The quantitative estimate of drug-likeness (QED) is 0.174. The summed E-state index contributed by atoms with van der Waals surface area (Å²) in [4.78, 5) is 37.1. The van der Waals surface area contributed by atoms with Gasteiger partial charge in [0.2, 0.25) is 0 Å². The van der Waals surface area contributed by atoms with Crippen molar-refractivity contribution in [1.29, 1.82) is 0 Å². The maximum atomic E-state index is 13.1. The predicted octanol–water partition coefficient (Wildman–Crippen LogP) is 10.1. The second-order valence-electron chi connectivity index (χ2n) is 19.6. The number of fused-ring (bicyclic) bond motifs is 7. The third kappa shape index (κ3) is 5.70. The Morgan fingerprint density at radius 3 is 2.25 bits per heavy atom. The number of benzene rings is 1. The Bertz CT molecular complexity index is 1690. The first-order valence-electron chi connectivity index (χ1n) is 19.6. The molecule has 0 aromatic heterocycles. The molecule has 278 valence electrons. The van der Waals surface area contributed by atoms with Crippen molar-refractivity contribution in [3.63, 3.8) is 0 Å². The molecule has 0 radical (unpaired) electrons. The molecule has 1 aromatic rings. The van der Waals surface area contributed by atoms with Crippen LogP contribution in [0, 0.1) is 80.8 Å². The smallest absolute Gasteiger partial charge is 0.337 e. The standard InChI is InChI=1S/C45H62O6/c1-27(2)30-17-23-45(22-16-29-13-11-12-28(3)36(29)38(47)48)25-24-43(9)31(37(30)45)14-15-33-42(8)20-19-34(51-35(46)26-40(4,5)39(49)50)41(6,7)32(42)18-21-44(33,43)10/h11-13,30-34,37H,1,14-15,17-21,23-26H2,2-10H3,(H,47,48)(H,49,50)/t30-,31?,32?,33?,34-,37?,42-,43+,44+,45+/m0/s1. The number of carboxylic acids is 2. The molecule has 5 aliphatic carbocycles. The average Bonchev–Trinajstić information content (AvgIpc) is 3.41. The van der Waals surface area contributed by atoms with Crippen LogP contribution in [0.5, 0.6) is 0 Å². The van der Waals surface area contributed by atoms with Crippen LogP contribution in [0.25, 0.3) is 0 Å². The highest BCUT2D eigenvalue weighted by atomic mass is 16.5. The lowest BCUT2D eigenvalue weighted by atomic mass is 9.32. The molecule has 5 saturated carbocycles. The van der Waals surface area contributed by atoms with E-state index in [4.69, 9.17) is 4.74 Å². The molecule has 6 rings (SSSR count). The van der Waals surface area contributed by atoms with E-state index in [0.717, 1.165) is 56.9 Å². The van der Waals surface area contributed by atoms with Crippen molar-refractivity contribution < 1.29 is 29.3 Å². The first kappa shape index (κ1) is 37.7. The van der Waals surface area contributed by atoms with Crippen molar-refractivity contribution >= 4 is 17.9 Å². The van der Waals surface area contributed by atoms with Gasteiger partial charge in [-0.25, -0.2) is 4.79 Å². The molecule has 0 spiro atoms. The average molecular weight is 699 g/mol. The van der Waals surface area contributed by atoms with Gasteiger partial charge in [-0.3, -0.25) is 9.59 Å². The third-order valence-corrected chi connectivity index (χ3v) is 16.4. The zero-order valence-corrected chi connectivity index (χ0v) is 32.7. The summed E-state index contributed by atoms with van der Waals surface area (Å²) in [5.41, 5.74) is 1.86. The number of carbonyl (C=O) groups excluding carboxylic acids is 1. The van der Waals surface area contributed by atoms with E-state index in [-0.39, 0.29) is 39.6 Å². The van der Waals surface area contributed by atoms with Crippen LogP contribution >= 0.6 is 0 Å². The number of hydrogen-bond donors (Lipinski definition) is 2. The van der Waals surface area contributed by atoms with Crippen LogP contribution in [0.4, 0.5) is 0 Å². The maximum absolute atomic E-state index is 13.1. The minimum atomic E-state index is -1.15. The zero-order valence-electron chi connectivity index (χ0n) is 32.7. The Balaban J connectivity index is 1.30. The fourth-order valence-corrected chi connectivity index (χ4v) is 13.4. The molecule has 6 heteroatoms. The molecule has 5 aliphatic rings. The highest BCUT2D eigenvalue weighted by Gasteiger charge is 2.71. The summed E-state index contributed by atoms with van der Waals surface area (Å²) in [6, 6.07) is 5.64. The number of hydrogen-bond acceptors (Lipinski definition) is 4. The predicted molar refractivity (Wildman–Crippen MR) is 200 cm³/mol. The van der Waals surface area contributed by atoms with E-state index in [1.54, 1.807) is 13.8 Å². The number of ether oxygens (including phenoxy) is 1. The zero-order chi connectivity index (χ0) is 37.5. The van der Waals surface area contributed by atoms with Crippen LogP contribution in [-0.4, -0.2) is 34.2 Å². The molecule has 4 unspecified atom stereocenters. The maximum Gasteiger partial charge on any atom is 0.337 e. The SMILES string of the molecule is C=C(C)[C@@H]1CC[C@]2(C#Cc3cccc(C)c3C(=O)O)CC[C@]3(C)C(CCC4[C@@]5(C)CC[C@H](OC(=O)CC(C)(C)C(=O)O)C(C)(C)C5CC[C@]43C)C12. The molecule has 0 saturated heterocycles. The highest BCUT2D eigenvalue weighted by molar-refractivity contribution is 5.92. The number of allylic oxidation sites excluding steroid dienone is 1. The highest BCUT2D eigenvalue weighted by Crippen LogP contribution is 2.77. The van der Waals surface area contributed by atoms with Gasteiger partial charge in [0.25, 0.3) is 0 Å². The molecule has 0 aliphatic heterocycles. The second-order valence-corrected chi connectivity index (χ2v) is 19.6. The van der Waals surface area contributed by atoms with E-state index in [9.17, 15) is 24.6 Å².